The first-order valence-electron chi connectivity index (χ1n) is 8.45. The highest BCUT2D eigenvalue weighted by atomic mass is 32.1. The van der Waals surface area contributed by atoms with E-state index in [1.54, 1.807) is 18.3 Å². The average molecular weight is 366 g/mol. The summed E-state index contributed by atoms with van der Waals surface area (Å²) in [5.74, 6) is 0.920. The highest BCUT2D eigenvalue weighted by Gasteiger charge is 2.15. The van der Waals surface area contributed by atoms with E-state index < -0.39 is 0 Å². The Hall–Kier alpha value is -2.73. The zero-order chi connectivity index (χ0) is 18.7. The topological polar surface area (TPSA) is 58.1 Å². The fourth-order valence-electron chi connectivity index (χ4n) is 2.60. The Balaban J connectivity index is 1.77. The van der Waals surface area contributed by atoms with Crippen LogP contribution in [0.5, 0.6) is 0 Å². The van der Waals surface area contributed by atoms with E-state index in [0.29, 0.717) is 22.4 Å². The normalized spacial score (nSPS) is 10.8. The third kappa shape index (κ3) is 3.91. The van der Waals surface area contributed by atoms with Crippen molar-refractivity contribution < 1.29 is 4.79 Å². The summed E-state index contributed by atoms with van der Waals surface area (Å²) in [7, 11) is 3.73. The van der Waals surface area contributed by atoms with Crippen LogP contribution in [0.1, 0.15) is 35.7 Å². The number of carbonyl (C=O) groups is 1. The van der Waals surface area contributed by atoms with Crippen LogP contribution in [-0.4, -0.2) is 30.0 Å². The molecule has 5 nitrogen and oxygen atoms in total. The molecule has 0 saturated heterocycles. The SMILES string of the molecule is CC(C)c1ccc(-c2csc(NC(=O)c3cccnc3N(C)C)n2)cc1. The molecule has 0 fully saturated rings. The van der Waals surface area contributed by atoms with Gasteiger partial charge < -0.3 is 4.90 Å². The van der Waals surface area contributed by atoms with Crippen molar-refractivity contribution in [1.82, 2.24) is 9.97 Å². The van der Waals surface area contributed by atoms with Crippen LogP contribution in [0, 0.1) is 0 Å². The molecule has 0 radical (unpaired) electrons. The maximum absolute atomic E-state index is 12.6. The molecule has 0 unspecified atom stereocenters. The Bertz CT molecular complexity index is 900. The van der Waals surface area contributed by atoms with Crippen molar-refractivity contribution in [2.24, 2.45) is 0 Å². The minimum Gasteiger partial charge on any atom is -0.362 e. The largest absolute Gasteiger partial charge is 0.362 e. The summed E-state index contributed by atoms with van der Waals surface area (Å²) in [6.45, 7) is 4.35. The first kappa shape index (κ1) is 18.1. The van der Waals surface area contributed by atoms with Gasteiger partial charge in [-0.3, -0.25) is 10.1 Å². The van der Waals surface area contributed by atoms with Crippen molar-refractivity contribution >= 4 is 28.2 Å². The molecule has 1 N–H and O–H groups in total. The number of benzene rings is 1. The zero-order valence-corrected chi connectivity index (χ0v) is 16.2. The number of anilines is 2. The number of pyridine rings is 1. The average Bonchev–Trinajstić information content (AvgIpc) is 3.10. The molecule has 1 amide bonds. The molecule has 3 rings (SSSR count). The Morgan fingerprint density at radius 1 is 1.15 bits per heavy atom. The Morgan fingerprint density at radius 3 is 2.54 bits per heavy atom. The van der Waals surface area contributed by atoms with Gasteiger partial charge in [0.05, 0.1) is 11.3 Å². The van der Waals surface area contributed by atoms with Gasteiger partial charge in [0.2, 0.25) is 0 Å². The Morgan fingerprint density at radius 2 is 1.88 bits per heavy atom. The lowest BCUT2D eigenvalue weighted by Crippen LogP contribution is -2.19. The van der Waals surface area contributed by atoms with E-state index in [-0.39, 0.29) is 5.91 Å². The molecule has 0 spiro atoms. The number of hydrogen-bond acceptors (Lipinski definition) is 5. The van der Waals surface area contributed by atoms with Crippen molar-refractivity contribution in [3.8, 4) is 11.3 Å². The molecule has 0 atom stereocenters. The number of thiazole rings is 1. The molecule has 0 aliphatic heterocycles. The minimum absolute atomic E-state index is 0.210. The summed E-state index contributed by atoms with van der Waals surface area (Å²) in [6, 6.07) is 11.9. The summed E-state index contributed by atoms with van der Waals surface area (Å²) in [5, 5.41) is 5.40. The second-order valence-electron chi connectivity index (χ2n) is 6.54. The lowest BCUT2D eigenvalue weighted by Gasteiger charge is -2.14. The molecule has 134 valence electrons. The first-order chi connectivity index (χ1) is 12.5. The van der Waals surface area contributed by atoms with Crippen LogP contribution in [0.4, 0.5) is 10.9 Å². The van der Waals surface area contributed by atoms with Gasteiger partial charge in [-0.15, -0.1) is 11.3 Å². The second-order valence-corrected chi connectivity index (χ2v) is 7.40. The molecule has 2 aromatic heterocycles. The van der Waals surface area contributed by atoms with Crippen molar-refractivity contribution in [3.63, 3.8) is 0 Å². The summed E-state index contributed by atoms with van der Waals surface area (Å²) in [6.07, 6.45) is 1.68. The second kappa shape index (κ2) is 7.66. The number of carbonyl (C=O) groups excluding carboxylic acids is 1. The predicted molar refractivity (Wildman–Crippen MR) is 108 cm³/mol. The first-order valence-corrected chi connectivity index (χ1v) is 9.33. The van der Waals surface area contributed by atoms with Crippen LogP contribution < -0.4 is 10.2 Å². The highest BCUT2D eigenvalue weighted by Crippen LogP contribution is 2.27. The van der Waals surface area contributed by atoms with E-state index in [1.165, 1.54) is 16.9 Å². The monoisotopic (exact) mass is 366 g/mol. The molecule has 2 heterocycles. The summed E-state index contributed by atoms with van der Waals surface area (Å²) < 4.78 is 0. The highest BCUT2D eigenvalue weighted by molar-refractivity contribution is 7.14. The number of rotatable bonds is 5. The molecule has 1 aromatic carbocycles. The molecule has 6 heteroatoms. The van der Waals surface area contributed by atoms with Gasteiger partial charge in [-0.2, -0.15) is 0 Å². The zero-order valence-electron chi connectivity index (χ0n) is 15.4. The van der Waals surface area contributed by atoms with Gasteiger partial charge in [0.1, 0.15) is 5.82 Å². The van der Waals surface area contributed by atoms with Gasteiger partial charge in [-0.1, -0.05) is 38.1 Å². The van der Waals surface area contributed by atoms with Crippen LogP contribution in [0.3, 0.4) is 0 Å². The fourth-order valence-corrected chi connectivity index (χ4v) is 3.31. The van der Waals surface area contributed by atoms with E-state index >= 15 is 0 Å². The molecule has 0 aliphatic rings. The molecule has 0 aliphatic carbocycles. The summed E-state index contributed by atoms with van der Waals surface area (Å²) >= 11 is 1.42. The van der Waals surface area contributed by atoms with Crippen molar-refractivity contribution in [1.29, 1.82) is 0 Å². The van der Waals surface area contributed by atoms with E-state index in [9.17, 15) is 4.79 Å². The maximum Gasteiger partial charge on any atom is 0.261 e. The standard InChI is InChI=1S/C20H22N4OS/c1-13(2)14-7-9-15(10-8-14)17-12-26-20(22-17)23-19(25)16-6-5-11-21-18(16)24(3)4/h5-13H,1-4H3,(H,22,23,25). The summed E-state index contributed by atoms with van der Waals surface area (Å²) in [5.41, 5.74) is 3.72. The number of aromatic nitrogens is 2. The fraction of sp³-hybridized carbons (Fsp3) is 0.250. The molecule has 26 heavy (non-hydrogen) atoms. The van der Waals surface area contributed by atoms with Crippen molar-refractivity contribution in [2.45, 2.75) is 19.8 Å². The number of amides is 1. The van der Waals surface area contributed by atoms with Crippen molar-refractivity contribution in [2.75, 3.05) is 24.3 Å². The number of nitrogens with one attached hydrogen (secondary N) is 1. The quantitative estimate of drug-likeness (QED) is 0.714. The summed E-state index contributed by atoms with van der Waals surface area (Å²) in [4.78, 5) is 23.2. The van der Waals surface area contributed by atoms with Gasteiger partial charge in [0.25, 0.3) is 5.91 Å². The van der Waals surface area contributed by atoms with Crippen LogP contribution in [-0.2, 0) is 0 Å². The Kier molecular flexibility index (Phi) is 5.32. The van der Waals surface area contributed by atoms with Crippen LogP contribution in [0.2, 0.25) is 0 Å². The van der Waals surface area contributed by atoms with Crippen LogP contribution in [0.25, 0.3) is 11.3 Å². The third-order valence-corrected chi connectivity index (χ3v) is 4.81. The molecule has 0 saturated carbocycles. The van der Waals surface area contributed by atoms with Gasteiger partial charge in [-0.25, -0.2) is 9.97 Å². The van der Waals surface area contributed by atoms with Gasteiger partial charge >= 0.3 is 0 Å². The van der Waals surface area contributed by atoms with E-state index in [2.05, 4.69) is 53.4 Å². The lowest BCUT2D eigenvalue weighted by atomic mass is 10.0. The molecular weight excluding hydrogens is 344 g/mol. The van der Waals surface area contributed by atoms with E-state index in [1.807, 2.05) is 24.4 Å². The van der Waals surface area contributed by atoms with Gasteiger partial charge in [0, 0.05) is 31.2 Å². The number of nitrogens with zero attached hydrogens (tertiary/aromatic N) is 3. The maximum atomic E-state index is 12.6. The lowest BCUT2D eigenvalue weighted by molar-refractivity contribution is 0.102. The van der Waals surface area contributed by atoms with Crippen molar-refractivity contribution in [3.05, 3.63) is 59.1 Å². The van der Waals surface area contributed by atoms with Crippen LogP contribution in [0.15, 0.2) is 48.0 Å². The molecule has 3 aromatic rings. The van der Waals surface area contributed by atoms with Crippen LogP contribution >= 0.6 is 11.3 Å². The van der Waals surface area contributed by atoms with Gasteiger partial charge in [0.15, 0.2) is 5.13 Å². The predicted octanol–water partition coefficient (Wildman–Crippen LogP) is 4.65. The smallest absolute Gasteiger partial charge is 0.261 e. The van der Waals surface area contributed by atoms with E-state index in [0.717, 1.165) is 11.3 Å². The van der Waals surface area contributed by atoms with Gasteiger partial charge in [-0.05, 0) is 23.6 Å². The Labute approximate surface area is 157 Å². The molecule has 0 bridgehead atoms. The molecular formula is C20H22N4OS. The minimum atomic E-state index is -0.210. The third-order valence-electron chi connectivity index (χ3n) is 4.05. The number of hydrogen-bond donors (Lipinski definition) is 1. The van der Waals surface area contributed by atoms with E-state index in [4.69, 9.17) is 0 Å².